The Morgan fingerprint density at radius 1 is 1.33 bits per heavy atom. The van der Waals surface area contributed by atoms with Crippen LogP contribution in [0.2, 0.25) is 0 Å². The van der Waals surface area contributed by atoms with Crippen molar-refractivity contribution in [3.8, 4) is 0 Å². The van der Waals surface area contributed by atoms with E-state index in [9.17, 15) is 0 Å². The van der Waals surface area contributed by atoms with Crippen LogP contribution in [-0.2, 0) is 4.74 Å². The summed E-state index contributed by atoms with van der Waals surface area (Å²) < 4.78 is 5.16. The van der Waals surface area contributed by atoms with Gasteiger partial charge in [0.2, 0.25) is 0 Å². The fraction of sp³-hybridized carbons (Fsp3) is 1.00. The SMILES string of the molecule is CNC(CCOC)CC1CC2CCC1C2. The average molecular weight is 211 g/mol. The summed E-state index contributed by atoms with van der Waals surface area (Å²) in [6, 6.07) is 0.675. The molecule has 2 aliphatic rings. The van der Waals surface area contributed by atoms with E-state index in [2.05, 4.69) is 12.4 Å². The normalized spacial score (nSPS) is 36.0. The molecule has 2 bridgehead atoms. The summed E-state index contributed by atoms with van der Waals surface area (Å²) in [6.45, 7) is 0.895. The second kappa shape index (κ2) is 5.31. The molecule has 0 radical (unpaired) electrons. The Morgan fingerprint density at radius 2 is 2.20 bits per heavy atom. The van der Waals surface area contributed by atoms with E-state index in [1.165, 1.54) is 38.5 Å². The smallest absolute Gasteiger partial charge is 0.0477 e. The highest BCUT2D eigenvalue weighted by Crippen LogP contribution is 2.49. The molecule has 0 aromatic carbocycles. The van der Waals surface area contributed by atoms with Crippen LogP contribution in [0.5, 0.6) is 0 Å². The predicted octanol–water partition coefficient (Wildman–Crippen LogP) is 2.44. The van der Waals surface area contributed by atoms with Gasteiger partial charge in [-0.2, -0.15) is 0 Å². The van der Waals surface area contributed by atoms with Gasteiger partial charge < -0.3 is 10.1 Å². The van der Waals surface area contributed by atoms with Crippen LogP contribution in [0.25, 0.3) is 0 Å². The molecule has 1 N–H and O–H groups in total. The van der Waals surface area contributed by atoms with Crippen molar-refractivity contribution in [1.82, 2.24) is 5.32 Å². The van der Waals surface area contributed by atoms with Crippen LogP contribution < -0.4 is 5.32 Å². The molecule has 2 heteroatoms. The first kappa shape index (κ1) is 11.4. The fourth-order valence-electron chi connectivity index (χ4n) is 3.67. The summed E-state index contributed by atoms with van der Waals surface area (Å²) in [5, 5.41) is 3.44. The molecule has 2 aliphatic carbocycles. The van der Waals surface area contributed by atoms with Crippen molar-refractivity contribution in [1.29, 1.82) is 0 Å². The van der Waals surface area contributed by atoms with E-state index in [1.54, 1.807) is 7.11 Å². The predicted molar refractivity (Wildman–Crippen MR) is 62.9 cm³/mol. The quantitative estimate of drug-likeness (QED) is 0.728. The first-order valence-electron chi connectivity index (χ1n) is 6.49. The van der Waals surface area contributed by atoms with Crippen LogP contribution in [0.4, 0.5) is 0 Å². The van der Waals surface area contributed by atoms with E-state index in [-0.39, 0.29) is 0 Å². The number of ether oxygens (including phenoxy) is 1. The Labute approximate surface area is 93.8 Å². The molecule has 0 spiro atoms. The van der Waals surface area contributed by atoms with Gasteiger partial charge in [0.25, 0.3) is 0 Å². The summed E-state index contributed by atoms with van der Waals surface area (Å²) >= 11 is 0. The third kappa shape index (κ3) is 2.73. The second-order valence-corrected chi connectivity index (χ2v) is 5.44. The van der Waals surface area contributed by atoms with Crippen LogP contribution in [0.15, 0.2) is 0 Å². The molecular weight excluding hydrogens is 186 g/mol. The molecule has 0 aromatic heterocycles. The lowest BCUT2D eigenvalue weighted by molar-refractivity contribution is 0.173. The number of hydrogen-bond acceptors (Lipinski definition) is 2. The van der Waals surface area contributed by atoms with Crippen molar-refractivity contribution < 1.29 is 4.74 Å². The van der Waals surface area contributed by atoms with Crippen LogP contribution >= 0.6 is 0 Å². The third-order valence-electron chi connectivity index (χ3n) is 4.55. The summed E-state index contributed by atoms with van der Waals surface area (Å²) in [6.07, 6.45) is 8.61. The van der Waals surface area contributed by atoms with Crippen molar-refractivity contribution in [2.45, 2.75) is 44.6 Å². The van der Waals surface area contributed by atoms with Gasteiger partial charge in [-0.15, -0.1) is 0 Å². The van der Waals surface area contributed by atoms with E-state index < -0.39 is 0 Å². The van der Waals surface area contributed by atoms with Crippen molar-refractivity contribution in [3.63, 3.8) is 0 Å². The molecule has 15 heavy (non-hydrogen) atoms. The zero-order valence-corrected chi connectivity index (χ0v) is 10.2. The van der Waals surface area contributed by atoms with E-state index in [0.29, 0.717) is 6.04 Å². The van der Waals surface area contributed by atoms with Crippen LogP contribution in [-0.4, -0.2) is 26.8 Å². The molecule has 0 aromatic rings. The van der Waals surface area contributed by atoms with E-state index >= 15 is 0 Å². The second-order valence-electron chi connectivity index (χ2n) is 5.44. The highest BCUT2D eigenvalue weighted by molar-refractivity contribution is 4.91. The van der Waals surface area contributed by atoms with Gasteiger partial charge >= 0.3 is 0 Å². The maximum atomic E-state index is 5.16. The minimum Gasteiger partial charge on any atom is -0.385 e. The van der Waals surface area contributed by atoms with Gasteiger partial charge in [0, 0.05) is 19.8 Å². The molecule has 2 fully saturated rings. The van der Waals surface area contributed by atoms with Gasteiger partial charge in [-0.05, 0) is 56.9 Å². The lowest BCUT2D eigenvalue weighted by Gasteiger charge is -2.26. The largest absolute Gasteiger partial charge is 0.385 e. The molecule has 4 atom stereocenters. The van der Waals surface area contributed by atoms with Crippen molar-refractivity contribution >= 4 is 0 Å². The summed E-state index contributed by atoms with van der Waals surface area (Å²) in [4.78, 5) is 0. The first-order valence-corrected chi connectivity index (χ1v) is 6.49. The number of nitrogens with one attached hydrogen (secondary N) is 1. The maximum Gasteiger partial charge on any atom is 0.0477 e. The van der Waals surface area contributed by atoms with E-state index in [1.807, 2.05) is 0 Å². The Bertz CT molecular complexity index is 195. The van der Waals surface area contributed by atoms with Crippen LogP contribution in [0.1, 0.15) is 38.5 Å². The molecule has 4 unspecified atom stereocenters. The topological polar surface area (TPSA) is 21.3 Å². The number of rotatable bonds is 6. The van der Waals surface area contributed by atoms with Gasteiger partial charge in [-0.25, -0.2) is 0 Å². The molecule has 2 nitrogen and oxygen atoms in total. The number of hydrogen-bond donors (Lipinski definition) is 1. The average Bonchev–Trinajstić information content (AvgIpc) is 2.85. The standard InChI is InChI=1S/C13H25NO/c1-14-13(5-6-15-2)9-12-8-10-3-4-11(12)7-10/h10-14H,3-9H2,1-2H3. The fourth-order valence-corrected chi connectivity index (χ4v) is 3.67. The van der Waals surface area contributed by atoms with Gasteiger partial charge in [0.05, 0.1) is 0 Å². The minimum atomic E-state index is 0.675. The molecule has 0 aliphatic heterocycles. The first-order chi connectivity index (χ1) is 7.33. The van der Waals surface area contributed by atoms with Gasteiger partial charge in [-0.3, -0.25) is 0 Å². The monoisotopic (exact) mass is 211 g/mol. The zero-order chi connectivity index (χ0) is 10.7. The van der Waals surface area contributed by atoms with Crippen molar-refractivity contribution in [3.05, 3.63) is 0 Å². The molecular formula is C13H25NO. The van der Waals surface area contributed by atoms with E-state index in [0.717, 1.165) is 24.4 Å². The molecule has 2 saturated carbocycles. The van der Waals surface area contributed by atoms with Crippen LogP contribution in [0.3, 0.4) is 0 Å². The van der Waals surface area contributed by atoms with Gasteiger partial charge in [0.1, 0.15) is 0 Å². The summed E-state index contributed by atoms with van der Waals surface area (Å²) in [7, 11) is 3.89. The zero-order valence-electron chi connectivity index (χ0n) is 10.2. The highest BCUT2D eigenvalue weighted by Gasteiger charge is 2.39. The number of fused-ring (bicyclic) bond motifs is 2. The van der Waals surface area contributed by atoms with Crippen molar-refractivity contribution in [2.75, 3.05) is 20.8 Å². The molecule has 2 rings (SSSR count). The summed E-state index contributed by atoms with van der Waals surface area (Å²) in [5.74, 6) is 3.16. The third-order valence-corrected chi connectivity index (χ3v) is 4.55. The Hall–Kier alpha value is -0.0800. The lowest BCUT2D eigenvalue weighted by Crippen LogP contribution is -2.30. The Balaban J connectivity index is 1.74. The molecule has 0 saturated heterocycles. The van der Waals surface area contributed by atoms with Crippen molar-refractivity contribution in [2.24, 2.45) is 17.8 Å². The molecule has 88 valence electrons. The highest BCUT2D eigenvalue weighted by atomic mass is 16.5. The van der Waals surface area contributed by atoms with Crippen LogP contribution in [0, 0.1) is 17.8 Å². The van der Waals surface area contributed by atoms with Gasteiger partial charge in [0.15, 0.2) is 0 Å². The van der Waals surface area contributed by atoms with E-state index in [4.69, 9.17) is 4.74 Å². The molecule has 0 amide bonds. The lowest BCUT2D eigenvalue weighted by atomic mass is 9.83. The van der Waals surface area contributed by atoms with Gasteiger partial charge in [-0.1, -0.05) is 6.42 Å². The number of methoxy groups -OCH3 is 1. The minimum absolute atomic E-state index is 0.675. The molecule has 0 heterocycles. The Morgan fingerprint density at radius 3 is 2.73 bits per heavy atom. The Kier molecular flexibility index (Phi) is 4.04. The summed E-state index contributed by atoms with van der Waals surface area (Å²) in [5.41, 5.74) is 0. The maximum absolute atomic E-state index is 5.16.